The van der Waals surface area contributed by atoms with Crippen LogP contribution in [0.4, 0.5) is 9.18 Å². The van der Waals surface area contributed by atoms with Gasteiger partial charge < -0.3 is 9.84 Å². The number of halogens is 1. The maximum absolute atomic E-state index is 13.3. The Balaban J connectivity index is 1.82. The van der Waals surface area contributed by atoms with Crippen molar-refractivity contribution in [2.75, 3.05) is 6.54 Å². The highest BCUT2D eigenvalue weighted by molar-refractivity contribution is 5.86. The van der Waals surface area contributed by atoms with Gasteiger partial charge in [0.05, 0.1) is 11.6 Å². The minimum atomic E-state index is -0.416. The number of allylic oxidation sites excluding steroid dienone is 1. The summed E-state index contributed by atoms with van der Waals surface area (Å²) >= 11 is 0. The summed E-state index contributed by atoms with van der Waals surface area (Å²) in [5.74, 6) is 0.363. The zero-order chi connectivity index (χ0) is 21.4. The molecule has 4 rings (SSSR count). The summed E-state index contributed by atoms with van der Waals surface area (Å²) in [4.78, 5) is 18.9. The van der Waals surface area contributed by atoms with E-state index in [-0.39, 0.29) is 11.8 Å². The molecule has 1 aliphatic heterocycles. The second-order valence-corrected chi connectivity index (χ2v) is 7.40. The van der Waals surface area contributed by atoms with Crippen molar-refractivity contribution in [2.45, 2.75) is 33.7 Å². The molecule has 0 fully saturated rings. The number of urea groups is 1. The first-order chi connectivity index (χ1) is 14.4. The van der Waals surface area contributed by atoms with E-state index in [9.17, 15) is 9.18 Å². The van der Waals surface area contributed by atoms with Gasteiger partial charge in [-0.15, -0.1) is 0 Å². The molecule has 2 amide bonds. The highest BCUT2D eigenvalue weighted by Gasteiger charge is 2.35. The SMILES string of the molecule is CCN1C(=O)NC(c2ccc(C)c(C)c2)C(c2nc(-c3ccc(F)cc3)no2)=C1C. The van der Waals surface area contributed by atoms with Gasteiger partial charge in [0.15, 0.2) is 0 Å². The molecule has 2 aromatic carbocycles. The number of rotatable bonds is 4. The minimum absolute atomic E-state index is 0.166. The van der Waals surface area contributed by atoms with Gasteiger partial charge in [0, 0.05) is 17.8 Å². The Morgan fingerprint density at radius 1 is 1.10 bits per heavy atom. The van der Waals surface area contributed by atoms with Crippen LogP contribution < -0.4 is 5.32 Å². The van der Waals surface area contributed by atoms with Crippen molar-refractivity contribution in [1.29, 1.82) is 0 Å². The van der Waals surface area contributed by atoms with Crippen molar-refractivity contribution in [1.82, 2.24) is 20.4 Å². The van der Waals surface area contributed by atoms with Gasteiger partial charge in [0.1, 0.15) is 5.82 Å². The van der Waals surface area contributed by atoms with Crippen LogP contribution in [0.15, 0.2) is 52.7 Å². The zero-order valence-corrected chi connectivity index (χ0v) is 17.4. The minimum Gasteiger partial charge on any atom is -0.334 e. The molecule has 30 heavy (non-hydrogen) atoms. The van der Waals surface area contributed by atoms with Crippen LogP contribution in [0.25, 0.3) is 17.0 Å². The van der Waals surface area contributed by atoms with Crippen LogP contribution in [0.5, 0.6) is 0 Å². The first-order valence-electron chi connectivity index (χ1n) is 9.85. The molecule has 0 saturated carbocycles. The quantitative estimate of drug-likeness (QED) is 0.661. The average molecular weight is 406 g/mol. The smallest absolute Gasteiger partial charge is 0.322 e. The average Bonchev–Trinajstić information content (AvgIpc) is 3.20. The fraction of sp³-hybridized carbons (Fsp3) is 0.261. The molecule has 1 unspecified atom stereocenters. The number of aromatic nitrogens is 2. The molecular formula is C23H23FN4O2. The Hall–Kier alpha value is -3.48. The molecular weight excluding hydrogens is 383 g/mol. The molecule has 1 atom stereocenters. The lowest BCUT2D eigenvalue weighted by Crippen LogP contribution is -2.45. The molecule has 0 saturated heterocycles. The Bertz CT molecular complexity index is 1130. The van der Waals surface area contributed by atoms with E-state index in [1.165, 1.54) is 17.7 Å². The Morgan fingerprint density at radius 2 is 1.83 bits per heavy atom. The molecule has 0 radical (unpaired) electrons. The topological polar surface area (TPSA) is 71.3 Å². The molecule has 0 aliphatic carbocycles. The standard InChI is InChI=1S/C23H23FN4O2/c1-5-28-15(4)19(20(25-23(28)29)17-7-6-13(2)14(3)12-17)22-26-21(27-30-22)16-8-10-18(24)11-9-16/h6-12,20H,5H2,1-4H3,(H,25,29). The fourth-order valence-corrected chi connectivity index (χ4v) is 3.68. The largest absolute Gasteiger partial charge is 0.334 e. The molecule has 1 N–H and O–H groups in total. The van der Waals surface area contributed by atoms with Crippen molar-refractivity contribution in [3.8, 4) is 11.4 Å². The van der Waals surface area contributed by atoms with E-state index < -0.39 is 6.04 Å². The highest BCUT2D eigenvalue weighted by Crippen LogP contribution is 2.37. The normalized spacial score (nSPS) is 16.8. The first kappa shape index (κ1) is 19.8. The van der Waals surface area contributed by atoms with Crippen molar-refractivity contribution in [2.24, 2.45) is 0 Å². The van der Waals surface area contributed by atoms with Crippen LogP contribution >= 0.6 is 0 Å². The summed E-state index contributed by atoms with van der Waals surface area (Å²) < 4.78 is 18.9. The van der Waals surface area contributed by atoms with E-state index in [1.54, 1.807) is 17.0 Å². The molecule has 2 heterocycles. The number of carbonyl (C=O) groups is 1. The van der Waals surface area contributed by atoms with Gasteiger partial charge in [0.2, 0.25) is 5.82 Å². The lowest BCUT2D eigenvalue weighted by Gasteiger charge is -2.34. The number of nitrogens with zero attached hydrogens (tertiary/aromatic N) is 3. The lowest BCUT2D eigenvalue weighted by molar-refractivity contribution is 0.207. The van der Waals surface area contributed by atoms with Gasteiger partial charge in [-0.2, -0.15) is 4.98 Å². The van der Waals surface area contributed by atoms with E-state index in [2.05, 4.69) is 21.5 Å². The maximum Gasteiger partial charge on any atom is 0.322 e. The van der Waals surface area contributed by atoms with Gasteiger partial charge in [-0.3, -0.25) is 4.90 Å². The molecule has 1 aromatic heterocycles. The maximum atomic E-state index is 13.3. The number of hydrogen-bond donors (Lipinski definition) is 1. The van der Waals surface area contributed by atoms with Gasteiger partial charge in [-0.05, 0) is 68.7 Å². The van der Waals surface area contributed by atoms with Crippen LogP contribution in [0, 0.1) is 19.7 Å². The second kappa shape index (κ2) is 7.74. The number of benzene rings is 2. The molecule has 1 aliphatic rings. The number of hydrogen-bond acceptors (Lipinski definition) is 4. The Morgan fingerprint density at radius 3 is 2.50 bits per heavy atom. The summed E-state index contributed by atoms with van der Waals surface area (Å²) in [6.45, 7) is 8.39. The van der Waals surface area contributed by atoms with Crippen LogP contribution in [0.3, 0.4) is 0 Å². The molecule has 0 spiro atoms. The second-order valence-electron chi connectivity index (χ2n) is 7.40. The summed E-state index contributed by atoms with van der Waals surface area (Å²) in [6, 6.07) is 11.4. The fourth-order valence-electron chi connectivity index (χ4n) is 3.68. The first-order valence-corrected chi connectivity index (χ1v) is 9.85. The van der Waals surface area contributed by atoms with Crippen LogP contribution in [0.1, 0.15) is 42.5 Å². The predicted octanol–water partition coefficient (Wildman–Crippen LogP) is 5.01. The van der Waals surface area contributed by atoms with Crippen LogP contribution in [-0.2, 0) is 0 Å². The Kier molecular flexibility index (Phi) is 5.11. The third-order valence-corrected chi connectivity index (χ3v) is 5.54. The predicted molar refractivity (Wildman–Crippen MR) is 112 cm³/mol. The third-order valence-electron chi connectivity index (χ3n) is 5.54. The van der Waals surface area contributed by atoms with E-state index in [1.807, 2.05) is 39.8 Å². The monoisotopic (exact) mass is 406 g/mol. The van der Waals surface area contributed by atoms with Crippen LogP contribution in [0.2, 0.25) is 0 Å². The van der Waals surface area contributed by atoms with Crippen molar-refractivity contribution < 1.29 is 13.7 Å². The summed E-state index contributed by atoms with van der Waals surface area (Å²) in [6.07, 6.45) is 0. The summed E-state index contributed by atoms with van der Waals surface area (Å²) in [5, 5.41) is 7.15. The zero-order valence-electron chi connectivity index (χ0n) is 17.4. The van der Waals surface area contributed by atoms with Crippen molar-refractivity contribution in [3.05, 3.63) is 76.6 Å². The molecule has 3 aromatic rings. The summed E-state index contributed by atoms with van der Waals surface area (Å²) in [5.41, 5.74) is 5.42. The van der Waals surface area contributed by atoms with Crippen LogP contribution in [-0.4, -0.2) is 27.6 Å². The van der Waals surface area contributed by atoms with E-state index >= 15 is 0 Å². The Labute approximate surface area is 174 Å². The van der Waals surface area contributed by atoms with E-state index in [4.69, 9.17) is 4.52 Å². The number of amides is 2. The van der Waals surface area contributed by atoms with Gasteiger partial charge in [-0.25, -0.2) is 9.18 Å². The molecule has 7 heteroatoms. The number of nitrogens with one attached hydrogen (secondary N) is 1. The van der Waals surface area contributed by atoms with E-state index in [0.29, 0.717) is 23.8 Å². The number of aryl methyl sites for hydroxylation is 2. The van der Waals surface area contributed by atoms with E-state index in [0.717, 1.165) is 22.4 Å². The van der Waals surface area contributed by atoms with Gasteiger partial charge in [-0.1, -0.05) is 23.4 Å². The highest BCUT2D eigenvalue weighted by atomic mass is 19.1. The molecule has 6 nitrogen and oxygen atoms in total. The number of carbonyl (C=O) groups excluding carboxylic acids is 1. The molecule has 154 valence electrons. The van der Waals surface area contributed by atoms with Gasteiger partial charge >= 0.3 is 6.03 Å². The lowest BCUT2D eigenvalue weighted by atomic mass is 9.92. The van der Waals surface area contributed by atoms with Crippen molar-refractivity contribution in [3.63, 3.8) is 0 Å². The third kappa shape index (κ3) is 3.47. The molecule has 0 bridgehead atoms. The summed E-state index contributed by atoms with van der Waals surface area (Å²) in [7, 11) is 0. The van der Waals surface area contributed by atoms with Crippen molar-refractivity contribution >= 4 is 11.6 Å². The van der Waals surface area contributed by atoms with Gasteiger partial charge in [0.25, 0.3) is 5.89 Å².